The van der Waals surface area contributed by atoms with Gasteiger partial charge >= 0.3 is 0 Å². The predicted octanol–water partition coefficient (Wildman–Crippen LogP) is 5.00. The molecule has 0 aliphatic rings. The number of ether oxygens (including phenoxy) is 1. The molecule has 110 valence electrons. The predicted molar refractivity (Wildman–Crippen MR) is 86.4 cm³/mol. The highest BCUT2D eigenvalue weighted by atomic mass is 19.1. The van der Waals surface area contributed by atoms with Gasteiger partial charge in [-0.05, 0) is 34.9 Å². The lowest BCUT2D eigenvalue weighted by molar-refractivity contribution is 0.306. The number of hydrogen-bond acceptors (Lipinski definition) is 1. The average molecular weight is 292 g/mol. The van der Waals surface area contributed by atoms with E-state index in [1.807, 2.05) is 66.7 Å². The lowest BCUT2D eigenvalue weighted by Gasteiger charge is -2.08. The quantitative estimate of drug-likeness (QED) is 0.643. The Morgan fingerprint density at radius 3 is 2.09 bits per heavy atom. The summed E-state index contributed by atoms with van der Waals surface area (Å²) in [6, 6.07) is 24.7. The number of benzene rings is 3. The summed E-state index contributed by atoms with van der Waals surface area (Å²) in [6.45, 7) is 0.549. The molecule has 0 heterocycles. The SMILES string of the molecule is Fc1ccccc1Cc1ccc(OCc2ccccc2)cc1. The molecular weight excluding hydrogens is 275 g/mol. The summed E-state index contributed by atoms with van der Waals surface area (Å²) >= 11 is 0. The van der Waals surface area contributed by atoms with Gasteiger partial charge in [0.25, 0.3) is 0 Å². The fraction of sp³-hybridized carbons (Fsp3) is 0.100. The van der Waals surface area contributed by atoms with E-state index in [2.05, 4.69) is 0 Å². The molecule has 22 heavy (non-hydrogen) atoms. The Bertz CT molecular complexity index is 720. The summed E-state index contributed by atoms with van der Waals surface area (Å²) in [5, 5.41) is 0. The Balaban J connectivity index is 1.62. The first-order valence-electron chi connectivity index (χ1n) is 7.30. The molecule has 0 saturated carbocycles. The second-order valence-corrected chi connectivity index (χ2v) is 5.19. The average Bonchev–Trinajstić information content (AvgIpc) is 2.57. The van der Waals surface area contributed by atoms with E-state index in [4.69, 9.17) is 4.74 Å². The number of halogens is 1. The summed E-state index contributed by atoms with van der Waals surface area (Å²) in [5.41, 5.74) is 2.91. The van der Waals surface area contributed by atoms with Gasteiger partial charge in [-0.15, -0.1) is 0 Å². The molecule has 3 aromatic rings. The van der Waals surface area contributed by atoms with Crippen molar-refractivity contribution >= 4 is 0 Å². The molecule has 0 bridgehead atoms. The van der Waals surface area contributed by atoms with Crippen LogP contribution < -0.4 is 4.74 Å². The molecule has 0 aromatic heterocycles. The summed E-state index contributed by atoms with van der Waals surface area (Å²) < 4.78 is 19.4. The van der Waals surface area contributed by atoms with Gasteiger partial charge in [-0.3, -0.25) is 0 Å². The lowest BCUT2D eigenvalue weighted by atomic mass is 10.0. The van der Waals surface area contributed by atoms with Crippen molar-refractivity contribution in [2.45, 2.75) is 13.0 Å². The van der Waals surface area contributed by atoms with Crippen LogP contribution in [0.2, 0.25) is 0 Å². The Hall–Kier alpha value is -2.61. The van der Waals surface area contributed by atoms with E-state index >= 15 is 0 Å². The smallest absolute Gasteiger partial charge is 0.126 e. The van der Waals surface area contributed by atoms with Crippen LogP contribution in [0, 0.1) is 5.82 Å². The largest absolute Gasteiger partial charge is 0.489 e. The van der Waals surface area contributed by atoms with Gasteiger partial charge in [-0.2, -0.15) is 0 Å². The van der Waals surface area contributed by atoms with Gasteiger partial charge in [0.15, 0.2) is 0 Å². The number of rotatable bonds is 5. The van der Waals surface area contributed by atoms with Crippen LogP contribution in [-0.4, -0.2) is 0 Å². The molecule has 0 fully saturated rings. The lowest BCUT2D eigenvalue weighted by Crippen LogP contribution is -1.96. The van der Waals surface area contributed by atoms with E-state index in [1.165, 1.54) is 6.07 Å². The normalized spacial score (nSPS) is 10.4. The van der Waals surface area contributed by atoms with Crippen molar-refractivity contribution in [2.24, 2.45) is 0 Å². The Morgan fingerprint density at radius 1 is 0.682 bits per heavy atom. The van der Waals surface area contributed by atoms with Crippen LogP contribution in [0.1, 0.15) is 16.7 Å². The van der Waals surface area contributed by atoms with Crippen LogP contribution in [-0.2, 0) is 13.0 Å². The molecule has 0 unspecified atom stereocenters. The third-order valence-corrected chi connectivity index (χ3v) is 3.52. The molecule has 3 aromatic carbocycles. The third kappa shape index (κ3) is 3.73. The van der Waals surface area contributed by atoms with Gasteiger partial charge in [-0.1, -0.05) is 60.7 Å². The highest BCUT2D eigenvalue weighted by molar-refractivity contribution is 5.32. The fourth-order valence-electron chi connectivity index (χ4n) is 2.31. The minimum absolute atomic E-state index is 0.160. The zero-order valence-corrected chi connectivity index (χ0v) is 12.2. The summed E-state index contributed by atoms with van der Waals surface area (Å²) in [7, 11) is 0. The fourth-order valence-corrected chi connectivity index (χ4v) is 2.31. The maximum atomic E-state index is 13.6. The first-order valence-corrected chi connectivity index (χ1v) is 7.30. The van der Waals surface area contributed by atoms with Crippen molar-refractivity contribution in [1.29, 1.82) is 0 Å². The van der Waals surface area contributed by atoms with Crippen LogP contribution in [0.5, 0.6) is 5.75 Å². The van der Waals surface area contributed by atoms with Gasteiger partial charge in [0, 0.05) is 6.42 Å². The molecule has 0 atom stereocenters. The maximum Gasteiger partial charge on any atom is 0.126 e. The molecule has 0 saturated heterocycles. The van der Waals surface area contributed by atoms with Gasteiger partial charge in [0.05, 0.1) is 0 Å². The zero-order valence-electron chi connectivity index (χ0n) is 12.2. The van der Waals surface area contributed by atoms with Crippen molar-refractivity contribution in [3.05, 3.63) is 101 Å². The topological polar surface area (TPSA) is 9.23 Å². The first kappa shape index (κ1) is 14.3. The van der Waals surface area contributed by atoms with E-state index in [0.29, 0.717) is 18.6 Å². The third-order valence-electron chi connectivity index (χ3n) is 3.52. The molecule has 0 aliphatic carbocycles. The van der Waals surface area contributed by atoms with E-state index in [0.717, 1.165) is 16.9 Å². The molecule has 0 aliphatic heterocycles. The van der Waals surface area contributed by atoms with Crippen LogP contribution in [0.4, 0.5) is 4.39 Å². The van der Waals surface area contributed by atoms with Gasteiger partial charge < -0.3 is 4.74 Å². The molecule has 3 rings (SSSR count). The summed E-state index contributed by atoms with van der Waals surface area (Å²) in [5.74, 6) is 0.660. The summed E-state index contributed by atoms with van der Waals surface area (Å²) in [4.78, 5) is 0. The van der Waals surface area contributed by atoms with Gasteiger partial charge in [0.2, 0.25) is 0 Å². The van der Waals surface area contributed by atoms with Gasteiger partial charge in [-0.25, -0.2) is 4.39 Å². The second kappa shape index (κ2) is 6.90. The van der Waals surface area contributed by atoms with Crippen molar-refractivity contribution in [3.8, 4) is 5.75 Å². The van der Waals surface area contributed by atoms with Crippen molar-refractivity contribution in [1.82, 2.24) is 0 Å². The van der Waals surface area contributed by atoms with E-state index < -0.39 is 0 Å². The Labute approximate surface area is 130 Å². The molecule has 1 nitrogen and oxygen atoms in total. The second-order valence-electron chi connectivity index (χ2n) is 5.19. The molecule has 0 amide bonds. The van der Waals surface area contributed by atoms with Gasteiger partial charge in [0.1, 0.15) is 18.2 Å². The Kier molecular flexibility index (Phi) is 4.50. The zero-order chi connectivity index (χ0) is 15.2. The molecule has 0 radical (unpaired) electrons. The monoisotopic (exact) mass is 292 g/mol. The van der Waals surface area contributed by atoms with Crippen molar-refractivity contribution in [2.75, 3.05) is 0 Å². The summed E-state index contributed by atoms with van der Waals surface area (Å²) in [6.07, 6.45) is 0.589. The molecule has 0 N–H and O–H groups in total. The first-order chi connectivity index (χ1) is 10.8. The minimum atomic E-state index is -0.160. The van der Waals surface area contributed by atoms with Crippen LogP contribution in [0.15, 0.2) is 78.9 Å². The van der Waals surface area contributed by atoms with E-state index in [1.54, 1.807) is 6.07 Å². The van der Waals surface area contributed by atoms with E-state index in [9.17, 15) is 4.39 Å². The van der Waals surface area contributed by atoms with Crippen molar-refractivity contribution in [3.63, 3.8) is 0 Å². The number of hydrogen-bond donors (Lipinski definition) is 0. The Morgan fingerprint density at radius 2 is 1.36 bits per heavy atom. The highest BCUT2D eigenvalue weighted by Crippen LogP contribution is 2.18. The standard InChI is InChI=1S/C20H17FO/c21-20-9-5-4-8-18(20)14-16-10-12-19(13-11-16)22-15-17-6-2-1-3-7-17/h1-13H,14-15H2. The highest BCUT2D eigenvalue weighted by Gasteiger charge is 2.03. The van der Waals surface area contributed by atoms with E-state index in [-0.39, 0.29) is 5.82 Å². The van der Waals surface area contributed by atoms with Crippen LogP contribution in [0.25, 0.3) is 0 Å². The van der Waals surface area contributed by atoms with Crippen molar-refractivity contribution < 1.29 is 9.13 Å². The molecule has 0 spiro atoms. The molecule has 2 heteroatoms. The maximum absolute atomic E-state index is 13.6. The minimum Gasteiger partial charge on any atom is -0.489 e. The van der Waals surface area contributed by atoms with Crippen LogP contribution in [0.3, 0.4) is 0 Å². The van der Waals surface area contributed by atoms with Crippen LogP contribution >= 0.6 is 0 Å². The molecular formula is C20H17FO.